The standard InChI is InChI=1S/C14H16N2O2S/c1-2-18-13(17)9-16(10-7-8-10)14-15-11-5-3-4-6-12(11)19-14/h3-6,10H,2,7-9H2,1H3. The third kappa shape index (κ3) is 2.71. The van der Waals surface area contributed by atoms with Gasteiger partial charge in [-0.05, 0) is 31.9 Å². The van der Waals surface area contributed by atoms with Crippen LogP contribution in [0.5, 0.6) is 0 Å². The first-order valence-corrected chi connectivity index (χ1v) is 7.37. The number of nitrogens with zero attached hydrogens (tertiary/aromatic N) is 2. The van der Waals surface area contributed by atoms with Crippen molar-refractivity contribution in [2.75, 3.05) is 18.1 Å². The summed E-state index contributed by atoms with van der Waals surface area (Å²) < 4.78 is 6.20. The van der Waals surface area contributed by atoms with E-state index in [1.165, 1.54) is 0 Å². The fourth-order valence-electron chi connectivity index (χ4n) is 2.07. The van der Waals surface area contributed by atoms with E-state index in [2.05, 4.69) is 16.0 Å². The minimum absolute atomic E-state index is 0.173. The summed E-state index contributed by atoms with van der Waals surface area (Å²) in [6, 6.07) is 8.51. The van der Waals surface area contributed by atoms with Crippen LogP contribution < -0.4 is 4.90 Å². The van der Waals surface area contributed by atoms with Gasteiger partial charge in [0.25, 0.3) is 0 Å². The lowest BCUT2D eigenvalue weighted by Gasteiger charge is -2.19. The van der Waals surface area contributed by atoms with Crippen LogP contribution in [0.4, 0.5) is 5.13 Å². The van der Waals surface area contributed by atoms with E-state index in [1.54, 1.807) is 11.3 Å². The van der Waals surface area contributed by atoms with Crippen LogP contribution in [0.25, 0.3) is 10.2 Å². The molecule has 1 aromatic heterocycles. The van der Waals surface area contributed by atoms with Gasteiger partial charge in [0.1, 0.15) is 6.54 Å². The van der Waals surface area contributed by atoms with Crippen LogP contribution in [0.15, 0.2) is 24.3 Å². The molecular weight excluding hydrogens is 260 g/mol. The summed E-state index contributed by atoms with van der Waals surface area (Å²) >= 11 is 1.64. The molecule has 1 aromatic carbocycles. The van der Waals surface area contributed by atoms with Crippen LogP contribution in [-0.2, 0) is 9.53 Å². The van der Waals surface area contributed by atoms with E-state index in [1.807, 2.05) is 25.1 Å². The largest absolute Gasteiger partial charge is 0.465 e. The number of para-hydroxylation sites is 1. The number of thiazole rings is 1. The lowest BCUT2D eigenvalue weighted by molar-refractivity contribution is -0.141. The van der Waals surface area contributed by atoms with Crippen molar-refractivity contribution in [1.29, 1.82) is 0 Å². The quantitative estimate of drug-likeness (QED) is 0.788. The molecule has 0 bridgehead atoms. The average molecular weight is 276 g/mol. The van der Waals surface area contributed by atoms with Crippen molar-refractivity contribution in [2.45, 2.75) is 25.8 Å². The number of rotatable bonds is 5. The molecule has 0 radical (unpaired) electrons. The molecule has 0 saturated heterocycles. The van der Waals surface area contributed by atoms with E-state index in [0.29, 0.717) is 19.2 Å². The predicted octanol–water partition coefficient (Wildman–Crippen LogP) is 2.83. The molecule has 1 fully saturated rings. The molecule has 1 aliphatic carbocycles. The Bertz CT molecular complexity index is 559. The Morgan fingerprint density at radius 2 is 2.26 bits per heavy atom. The second kappa shape index (κ2) is 5.17. The number of ether oxygens (including phenoxy) is 1. The van der Waals surface area contributed by atoms with Crippen molar-refractivity contribution < 1.29 is 9.53 Å². The molecule has 0 N–H and O–H groups in total. The Labute approximate surface area is 116 Å². The van der Waals surface area contributed by atoms with E-state index >= 15 is 0 Å². The van der Waals surface area contributed by atoms with Crippen molar-refractivity contribution in [3.8, 4) is 0 Å². The minimum atomic E-state index is -0.173. The molecule has 0 unspecified atom stereocenters. The molecule has 0 atom stereocenters. The van der Waals surface area contributed by atoms with Crippen molar-refractivity contribution in [3.63, 3.8) is 0 Å². The maximum absolute atomic E-state index is 11.7. The number of anilines is 1. The fourth-order valence-corrected chi connectivity index (χ4v) is 3.10. The SMILES string of the molecule is CCOC(=O)CN(c1nc2ccccc2s1)C1CC1. The van der Waals surface area contributed by atoms with Crippen LogP contribution in [0.3, 0.4) is 0 Å². The highest BCUT2D eigenvalue weighted by Gasteiger charge is 2.32. The van der Waals surface area contributed by atoms with Gasteiger partial charge in [-0.1, -0.05) is 23.5 Å². The van der Waals surface area contributed by atoms with Crippen molar-refractivity contribution >= 4 is 32.7 Å². The molecule has 3 rings (SSSR count). The summed E-state index contributed by atoms with van der Waals surface area (Å²) in [7, 11) is 0. The molecule has 1 aliphatic rings. The normalized spacial score (nSPS) is 14.6. The van der Waals surface area contributed by atoms with Gasteiger partial charge in [-0.2, -0.15) is 0 Å². The lowest BCUT2D eigenvalue weighted by Crippen LogP contribution is -2.32. The number of benzene rings is 1. The van der Waals surface area contributed by atoms with E-state index in [9.17, 15) is 4.79 Å². The number of hydrogen-bond donors (Lipinski definition) is 0. The highest BCUT2D eigenvalue weighted by Crippen LogP contribution is 2.36. The third-order valence-electron chi connectivity index (χ3n) is 3.12. The third-order valence-corrected chi connectivity index (χ3v) is 4.19. The predicted molar refractivity (Wildman–Crippen MR) is 76.6 cm³/mol. The van der Waals surface area contributed by atoms with Gasteiger partial charge in [0.05, 0.1) is 16.8 Å². The topological polar surface area (TPSA) is 42.4 Å². The van der Waals surface area contributed by atoms with Crippen LogP contribution in [0.2, 0.25) is 0 Å². The van der Waals surface area contributed by atoms with Crippen LogP contribution in [0.1, 0.15) is 19.8 Å². The molecule has 4 nitrogen and oxygen atoms in total. The Morgan fingerprint density at radius 3 is 2.95 bits per heavy atom. The maximum Gasteiger partial charge on any atom is 0.325 e. The number of carbonyl (C=O) groups excluding carboxylic acids is 1. The molecule has 0 amide bonds. The smallest absolute Gasteiger partial charge is 0.325 e. The van der Waals surface area contributed by atoms with Crippen molar-refractivity contribution in [3.05, 3.63) is 24.3 Å². The first-order chi connectivity index (χ1) is 9.28. The first kappa shape index (κ1) is 12.4. The number of aromatic nitrogens is 1. The lowest BCUT2D eigenvalue weighted by atomic mass is 10.3. The average Bonchev–Trinajstić information content (AvgIpc) is 3.14. The Morgan fingerprint density at radius 1 is 1.47 bits per heavy atom. The van der Waals surface area contributed by atoms with Crippen LogP contribution in [-0.4, -0.2) is 30.1 Å². The summed E-state index contributed by atoms with van der Waals surface area (Å²) in [4.78, 5) is 18.4. The molecule has 19 heavy (non-hydrogen) atoms. The molecule has 2 aromatic rings. The fraction of sp³-hybridized carbons (Fsp3) is 0.429. The molecular formula is C14H16N2O2S. The Balaban J connectivity index is 1.84. The second-order valence-electron chi connectivity index (χ2n) is 4.63. The Kier molecular flexibility index (Phi) is 3.38. The molecule has 5 heteroatoms. The highest BCUT2D eigenvalue weighted by atomic mass is 32.1. The van der Waals surface area contributed by atoms with E-state index in [4.69, 9.17) is 4.74 Å². The van der Waals surface area contributed by atoms with Crippen LogP contribution >= 0.6 is 11.3 Å². The van der Waals surface area contributed by atoms with Crippen molar-refractivity contribution in [1.82, 2.24) is 4.98 Å². The summed E-state index contributed by atoms with van der Waals surface area (Å²) in [5.41, 5.74) is 0.997. The second-order valence-corrected chi connectivity index (χ2v) is 5.64. The highest BCUT2D eigenvalue weighted by molar-refractivity contribution is 7.22. The molecule has 1 heterocycles. The zero-order valence-corrected chi connectivity index (χ0v) is 11.7. The van der Waals surface area contributed by atoms with Gasteiger partial charge in [0.15, 0.2) is 5.13 Å². The summed E-state index contributed by atoms with van der Waals surface area (Å²) in [6.45, 7) is 2.56. The monoisotopic (exact) mass is 276 g/mol. The molecule has 1 saturated carbocycles. The van der Waals surface area contributed by atoms with Crippen molar-refractivity contribution in [2.24, 2.45) is 0 Å². The Hall–Kier alpha value is -1.62. The van der Waals surface area contributed by atoms with Gasteiger partial charge in [0.2, 0.25) is 0 Å². The van der Waals surface area contributed by atoms with E-state index < -0.39 is 0 Å². The zero-order chi connectivity index (χ0) is 13.2. The summed E-state index contributed by atoms with van der Waals surface area (Å²) in [6.07, 6.45) is 2.27. The van der Waals surface area contributed by atoms with E-state index in [0.717, 1.165) is 28.2 Å². The summed E-state index contributed by atoms with van der Waals surface area (Å²) in [5, 5.41) is 0.928. The summed E-state index contributed by atoms with van der Waals surface area (Å²) in [5.74, 6) is -0.173. The van der Waals surface area contributed by atoms with Gasteiger partial charge < -0.3 is 9.64 Å². The molecule has 0 spiro atoms. The first-order valence-electron chi connectivity index (χ1n) is 6.55. The number of carbonyl (C=O) groups is 1. The molecule has 0 aliphatic heterocycles. The van der Waals surface area contributed by atoms with Gasteiger partial charge in [-0.3, -0.25) is 4.79 Å². The van der Waals surface area contributed by atoms with Gasteiger partial charge in [-0.25, -0.2) is 4.98 Å². The number of esters is 1. The van der Waals surface area contributed by atoms with E-state index in [-0.39, 0.29) is 5.97 Å². The minimum Gasteiger partial charge on any atom is -0.465 e. The maximum atomic E-state index is 11.7. The number of hydrogen-bond acceptors (Lipinski definition) is 5. The molecule has 100 valence electrons. The van der Waals surface area contributed by atoms with Gasteiger partial charge in [0, 0.05) is 6.04 Å². The zero-order valence-electron chi connectivity index (χ0n) is 10.8. The van der Waals surface area contributed by atoms with Gasteiger partial charge in [-0.15, -0.1) is 0 Å². The van der Waals surface area contributed by atoms with Crippen LogP contribution in [0, 0.1) is 0 Å². The van der Waals surface area contributed by atoms with Gasteiger partial charge >= 0.3 is 5.97 Å². The number of fused-ring (bicyclic) bond motifs is 1.